The van der Waals surface area contributed by atoms with Gasteiger partial charge in [-0.3, -0.25) is 4.79 Å². The van der Waals surface area contributed by atoms with E-state index in [0.29, 0.717) is 25.2 Å². The Balaban J connectivity index is 2.06. The fourth-order valence-corrected chi connectivity index (χ4v) is 5.23. The Morgan fingerprint density at radius 1 is 1.13 bits per heavy atom. The summed E-state index contributed by atoms with van der Waals surface area (Å²) in [5.74, 6) is 0.231. The lowest BCUT2D eigenvalue weighted by molar-refractivity contribution is -0.138. The van der Waals surface area contributed by atoms with Crippen molar-refractivity contribution < 1.29 is 17.8 Å². The van der Waals surface area contributed by atoms with E-state index in [1.165, 1.54) is 0 Å². The first kappa shape index (κ1) is 9.78. The third-order valence-electron chi connectivity index (χ3n) is 4.47. The predicted molar refractivity (Wildman–Crippen MR) is 51.0 cm³/mol. The maximum atomic E-state index is 11.7. The summed E-state index contributed by atoms with van der Waals surface area (Å²) < 4.78 is 32.9. The summed E-state index contributed by atoms with van der Waals surface area (Å²) in [4.78, 5) is 11.7. The molecule has 4 fully saturated rings. The van der Waals surface area contributed by atoms with Gasteiger partial charge in [-0.15, -0.1) is 0 Å². The molecule has 0 aromatic carbocycles. The summed E-state index contributed by atoms with van der Waals surface area (Å²) in [6, 6.07) is 0. The van der Waals surface area contributed by atoms with Crippen LogP contribution in [0.15, 0.2) is 0 Å². The Labute approximate surface area is 88.8 Å². The normalized spacial score (nSPS) is 48.6. The first-order chi connectivity index (χ1) is 6.91. The van der Waals surface area contributed by atoms with Gasteiger partial charge in [-0.2, -0.15) is 0 Å². The second-order valence-corrected chi connectivity index (χ2v) is 7.16. The van der Waals surface area contributed by atoms with E-state index >= 15 is 0 Å². The molecule has 4 saturated carbocycles. The molecule has 0 radical (unpaired) electrons. The van der Waals surface area contributed by atoms with Gasteiger partial charge in [0.25, 0.3) is 0 Å². The zero-order chi connectivity index (χ0) is 10.8. The van der Waals surface area contributed by atoms with Gasteiger partial charge in [-0.1, -0.05) is 0 Å². The topological polar surface area (TPSA) is 74.3 Å². The van der Waals surface area contributed by atoms with Gasteiger partial charge in [-0.25, -0.2) is 8.42 Å². The number of carbonyl (C=O) groups is 1. The van der Waals surface area contributed by atoms with Crippen molar-refractivity contribution in [3.63, 3.8) is 0 Å². The Morgan fingerprint density at radius 3 is 2.13 bits per heavy atom. The number of Topliss-reactive ketones (excluding diaryl/α,β-unsaturated/α-hetero) is 1. The molecule has 0 N–H and O–H groups in total. The molecule has 15 heavy (non-hydrogen) atoms. The molecule has 0 aliphatic heterocycles. The molecule has 4 nitrogen and oxygen atoms in total. The van der Waals surface area contributed by atoms with Crippen LogP contribution in [0.1, 0.15) is 32.1 Å². The molecule has 0 heterocycles. The van der Waals surface area contributed by atoms with Gasteiger partial charge in [0.05, 0.1) is 4.75 Å². The average Bonchev–Trinajstić information content (AvgIpc) is 2.10. The predicted octanol–water partition coefficient (Wildman–Crippen LogP) is 0.679. The van der Waals surface area contributed by atoms with Crippen LogP contribution in [0.4, 0.5) is 0 Å². The highest BCUT2D eigenvalue weighted by Gasteiger charge is 2.57. The van der Waals surface area contributed by atoms with Gasteiger partial charge in [0.1, 0.15) is 15.9 Å². The van der Waals surface area contributed by atoms with E-state index in [1.54, 1.807) is 0 Å². The number of rotatable bonds is 1. The number of hydrogen-bond acceptors (Lipinski definition) is 4. The molecule has 4 rings (SSSR count). The summed E-state index contributed by atoms with van der Waals surface area (Å²) in [5, 5.41) is 0. The fourth-order valence-electron chi connectivity index (χ4n) is 3.98. The molecule has 0 saturated heterocycles. The minimum atomic E-state index is -4.25. The highest BCUT2D eigenvalue weighted by atomic mass is 32.2. The van der Waals surface area contributed by atoms with Crippen LogP contribution in [-0.4, -0.2) is 23.5 Å². The van der Waals surface area contributed by atoms with E-state index in [4.69, 9.17) is 0 Å². The van der Waals surface area contributed by atoms with Crippen molar-refractivity contribution in [3.8, 4) is 0 Å². The maximum absolute atomic E-state index is 11.7. The average molecular weight is 229 g/mol. The van der Waals surface area contributed by atoms with Crippen LogP contribution in [0, 0.1) is 17.8 Å². The summed E-state index contributed by atoms with van der Waals surface area (Å²) in [7, 11) is -4.25. The van der Waals surface area contributed by atoms with Gasteiger partial charge >= 0.3 is 0 Å². The second kappa shape index (κ2) is 2.63. The molecule has 0 aromatic rings. The van der Waals surface area contributed by atoms with E-state index in [0.717, 1.165) is 12.8 Å². The molecule has 2 unspecified atom stereocenters. The maximum Gasteiger partial charge on any atom is 0.139 e. The molecule has 84 valence electrons. The summed E-state index contributed by atoms with van der Waals surface area (Å²) in [6.07, 6.45) is 2.72. The zero-order valence-corrected chi connectivity index (χ0v) is 9.13. The van der Waals surface area contributed by atoms with Crippen molar-refractivity contribution in [2.75, 3.05) is 0 Å². The lowest BCUT2D eigenvalue weighted by Crippen LogP contribution is -2.58. The third-order valence-corrected chi connectivity index (χ3v) is 6.03. The molecule has 2 atom stereocenters. The SMILES string of the molecule is O=C1C2CC3CC1CC(S(=O)(=O)[O-])(C3)C2. The minimum Gasteiger partial charge on any atom is -0.748 e. The zero-order valence-electron chi connectivity index (χ0n) is 8.31. The largest absolute Gasteiger partial charge is 0.748 e. The van der Waals surface area contributed by atoms with E-state index in [1.807, 2.05) is 0 Å². The minimum absolute atomic E-state index is 0.139. The van der Waals surface area contributed by atoms with E-state index in [-0.39, 0.29) is 17.6 Å². The summed E-state index contributed by atoms with van der Waals surface area (Å²) in [6.45, 7) is 0. The molecular formula is C10H13O4S-. The van der Waals surface area contributed by atoms with E-state index < -0.39 is 14.9 Å². The Hall–Kier alpha value is -0.420. The molecule has 4 bridgehead atoms. The van der Waals surface area contributed by atoms with Crippen molar-refractivity contribution in [3.05, 3.63) is 0 Å². The molecule has 0 amide bonds. The van der Waals surface area contributed by atoms with Gasteiger partial charge in [0.15, 0.2) is 0 Å². The highest BCUT2D eigenvalue weighted by molar-refractivity contribution is 7.87. The van der Waals surface area contributed by atoms with Crippen molar-refractivity contribution in [1.29, 1.82) is 0 Å². The Kier molecular flexibility index (Phi) is 1.72. The van der Waals surface area contributed by atoms with Crippen LogP contribution >= 0.6 is 0 Å². The summed E-state index contributed by atoms with van der Waals surface area (Å²) in [5.41, 5.74) is 0. The molecule has 4 aliphatic carbocycles. The van der Waals surface area contributed by atoms with Crippen molar-refractivity contribution in [2.24, 2.45) is 17.8 Å². The van der Waals surface area contributed by atoms with Crippen LogP contribution in [0.5, 0.6) is 0 Å². The van der Waals surface area contributed by atoms with Gasteiger partial charge in [0.2, 0.25) is 0 Å². The van der Waals surface area contributed by atoms with Crippen LogP contribution in [0.25, 0.3) is 0 Å². The number of carbonyl (C=O) groups excluding carboxylic acids is 1. The Bertz CT molecular complexity index is 407. The summed E-state index contributed by atoms with van der Waals surface area (Å²) >= 11 is 0. The molecule has 0 aromatic heterocycles. The van der Waals surface area contributed by atoms with E-state index in [2.05, 4.69) is 0 Å². The van der Waals surface area contributed by atoms with Gasteiger partial charge in [0, 0.05) is 11.8 Å². The number of ketones is 1. The van der Waals surface area contributed by atoms with Crippen LogP contribution in [0.3, 0.4) is 0 Å². The van der Waals surface area contributed by atoms with Gasteiger partial charge in [-0.05, 0) is 38.0 Å². The fraction of sp³-hybridized carbons (Fsp3) is 0.900. The van der Waals surface area contributed by atoms with E-state index in [9.17, 15) is 17.8 Å². The smallest absolute Gasteiger partial charge is 0.139 e. The Morgan fingerprint density at radius 2 is 1.67 bits per heavy atom. The van der Waals surface area contributed by atoms with Crippen molar-refractivity contribution >= 4 is 15.9 Å². The second-order valence-electron chi connectivity index (χ2n) is 5.38. The van der Waals surface area contributed by atoms with Crippen LogP contribution in [-0.2, 0) is 14.9 Å². The van der Waals surface area contributed by atoms with Gasteiger partial charge < -0.3 is 4.55 Å². The standard InChI is InChI=1S/C10H14O4S/c11-9-7-1-6-2-8(9)5-10(3-6,4-7)15(12,13)14/h6-8H,1-5H2,(H,12,13,14)/p-1. The monoisotopic (exact) mass is 229 g/mol. The quantitative estimate of drug-likeness (QED) is 0.620. The number of hydrogen-bond donors (Lipinski definition) is 0. The van der Waals surface area contributed by atoms with Crippen LogP contribution in [0.2, 0.25) is 0 Å². The third kappa shape index (κ3) is 1.16. The van der Waals surface area contributed by atoms with Crippen molar-refractivity contribution in [2.45, 2.75) is 36.9 Å². The first-order valence-electron chi connectivity index (χ1n) is 5.40. The molecular weight excluding hydrogens is 216 g/mol. The molecule has 4 aliphatic rings. The first-order valence-corrected chi connectivity index (χ1v) is 6.81. The van der Waals surface area contributed by atoms with Crippen LogP contribution < -0.4 is 0 Å². The van der Waals surface area contributed by atoms with Crippen molar-refractivity contribution in [1.82, 2.24) is 0 Å². The lowest BCUT2D eigenvalue weighted by Gasteiger charge is -2.55. The highest BCUT2D eigenvalue weighted by Crippen LogP contribution is 2.56. The lowest BCUT2D eigenvalue weighted by atomic mass is 9.55. The molecule has 0 spiro atoms. The molecule has 5 heteroatoms.